The average Bonchev–Trinajstić information content (AvgIpc) is 2.95. The second-order valence-corrected chi connectivity index (χ2v) is 6.64. The molecule has 1 fully saturated rings. The summed E-state index contributed by atoms with van der Waals surface area (Å²) in [7, 11) is 0. The summed E-state index contributed by atoms with van der Waals surface area (Å²) >= 11 is 0. The third kappa shape index (κ3) is 4.43. The number of likely N-dealkylation sites (tertiary alicyclic amines) is 1. The molecule has 160 valence electrons. The number of aliphatic hydroxyl groups is 2. The van der Waals surface area contributed by atoms with Crippen LogP contribution in [0.5, 0.6) is 11.5 Å². The predicted octanol–water partition coefficient (Wildman–Crippen LogP) is 1.81. The van der Waals surface area contributed by atoms with Gasteiger partial charge in [0, 0.05) is 24.0 Å². The van der Waals surface area contributed by atoms with Gasteiger partial charge in [-0.05, 0) is 36.0 Å². The van der Waals surface area contributed by atoms with Gasteiger partial charge in [0.25, 0.3) is 0 Å². The quantitative estimate of drug-likeness (QED) is 0.632. The van der Waals surface area contributed by atoms with Gasteiger partial charge in [0.15, 0.2) is 11.5 Å². The third-order valence-corrected chi connectivity index (χ3v) is 4.73. The van der Waals surface area contributed by atoms with E-state index in [0.717, 1.165) is 0 Å². The maximum atomic E-state index is 14.0. The first-order valence-corrected chi connectivity index (χ1v) is 9.40. The number of aliphatic hydroxyl groups excluding tert-OH is 1. The van der Waals surface area contributed by atoms with E-state index in [9.17, 15) is 15.0 Å². The van der Waals surface area contributed by atoms with Crippen LogP contribution >= 0.6 is 0 Å². The molecule has 7 heteroatoms. The number of rotatable bonds is 7. The molecule has 0 aromatic heterocycles. The largest absolute Gasteiger partial charge is 0.486 e. The lowest BCUT2D eigenvalue weighted by molar-refractivity contribution is -0.135. The number of carbonyl (C=O) groups excluding carboxylic acids is 1. The summed E-state index contributed by atoms with van der Waals surface area (Å²) in [5.41, 5.74) is 0.169. The highest BCUT2D eigenvalue weighted by Gasteiger charge is 2.35. The molecular formula is C23H28N2O5. The highest BCUT2D eigenvalue weighted by Crippen LogP contribution is 2.34. The average molecular weight is 422 g/mol. The Morgan fingerprint density at radius 2 is 1.80 bits per heavy atom. The van der Waals surface area contributed by atoms with Crippen molar-refractivity contribution in [1.82, 2.24) is 10.2 Å². The van der Waals surface area contributed by atoms with Gasteiger partial charge in [-0.3, -0.25) is 10.1 Å². The van der Waals surface area contributed by atoms with Crippen molar-refractivity contribution in [2.75, 3.05) is 32.8 Å². The minimum Gasteiger partial charge on any atom is -0.486 e. The Morgan fingerprint density at radius 3 is 2.50 bits per heavy atom. The van der Waals surface area contributed by atoms with Crippen molar-refractivity contribution < 1.29 is 36.8 Å². The Labute approximate surface area is 188 Å². The van der Waals surface area contributed by atoms with Crippen molar-refractivity contribution >= 4 is 5.91 Å². The molecule has 1 saturated heterocycles. The normalized spacial score (nSPS) is 30.9. The molecule has 2 aliphatic rings. The second-order valence-electron chi connectivity index (χ2n) is 6.64. The minimum atomic E-state index is -3.54. The molecule has 0 aliphatic carbocycles. The molecule has 2 heterocycles. The van der Waals surface area contributed by atoms with Crippen LogP contribution in [0.2, 0.25) is 0 Å². The maximum Gasteiger partial charge on any atom is 0.242 e. The van der Waals surface area contributed by atoms with Crippen LogP contribution in [0.3, 0.4) is 0 Å². The van der Waals surface area contributed by atoms with Gasteiger partial charge >= 0.3 is 0 Å². The Hall–Kier alpha value is -2.61. The van der Waals surface area contributed by atoms with E-state index in [1.54, 1.807) is 30.3 Å². The fraction of sp³-hybridized carbons (Fsp3) is 0.435. The van der Waals surface area contributed by atoms with Crippen LogP contribution in [0.1, 0.15) is 48.3 Å². The molecule has 3 atom stereocenters. The van der Waals surface area contributed by atoms with E-state index in [4.69, 9.17) is 21.8 Å². The molecular weight excluding hydrogens is 384 g/mol. The third-order valence-electron chi connectivity index (χ3n) is 4.73. The van der Waals surface area contributed by atoms with Gasteiger partial charge in [0.1, 0.15) is 25.3 Å². The summed E-state index contributed by atoms with van der Waals surface area (Å²) < 4.78 is 85.0. The monoisotopic (exact) mass is 421 g/mol. The first-order chi connectivity index (χ1) is 18.0. The lowest BCUT2D eigenvalue weighted by Gasteiger charge is -2.31. The number of ether oxygens (including phenoxy) is 2. The molecule has 2 aromatic carbocycles. The van der Waals surface area contributed by atoms with Gasteiger partial charge in [-0.2, -0.15) is 0 Å². The first kappa shape index (κ1) is 12.3. The van der Waals surface area contributed by atoms with Crippen LogP contribution in [-0.4, -0.2) is 59.9 Å². The fourth-order valence-electron chi connectivity index (χ4n) is 3.21. The summed E-state index contributed by atoms with van der Waals surface area (Å²) in [5.74, 6) is -1.18. The van der Waals surface area contributed by atoms with Gasteiger partial charge < -0.3 is 24.6 Å². The van der Waals surface area contributed by atoms with Crippen molar-refractivity contribution in [1.29, 1.82) is 0 Å². The van der Waals surface area contributed by atoms with Crippen LogP contribution in [0.4, 0.5) is 0 Å². The molecule has 4 rings (SSSR count). The zero-order valence-electron chi connectivity index (χ0n) is 25.0. The van der Waals surface area contributed by atoms with E-state index >= 15 is 0 Å². The Kier molecular flexibility index (Phi) is 3.88. The second kappa shape index (κ2) is 9.47. The van der Waals surface area contributed by atoms with E-state index in [0.29, 0.717) is 11.3 Å². The number of hydrogen-bond acceptors (Lipinski definition) is 6. The maximum absolute atomic E-state index is 14.0. The summed E-state index contributed by atoms with van der Waals surface area (Å²) in [4.78, 5) is 13.7. The number of nitrogens with zero attached hydrogens (tertiary/aromatic N) is 1. The Bertz CT molecular complexity index is 1200. The van der Waals surface area contributed by atoms with Crippen LogP contribution in [0.15, 0.2) is 48.5 Å². The van der Waals surface area contributed by atoms with Crippen LogP contribution in [-0.2, 0) is 4.79 Å². The van der Waals surface area contributed by atoms with E-state index in [2.05, 4.69) is 5.32 Å². The molecule has 30 heavy (non-hydrogen) atoms. The van der Waals surface area contributed by atoms with E-state index in [1.807, 2.05) is 0 Å². The molecule has 1 unspecified atom stereocenters. The van der Waals surface area contributed by atoms with Crippen LogP contribution in [0.25, 0.3) is 0 Å². The first-order valence-electron chi connectivity index (χ1n) is 13.9. The minimum absolute atomic E-state index is 0.150. The number of hydrogen-bond donors (Lipinski definition) is 3. The van der Waals surface area contributed by atoms with Crippen molar-refractivity contribution in [3.63, 3.8) is 0 Å². The van der Waals surface area contributed by atoms with Gasteiger partial charge in [0.05, 0.1) is 14.0 Å². The van der Waals surface area contributed by atoms with Crippen LogP contribution in [0, 0.1) is 0 Å². The molecule has 7 nitrogen and oxygen atoms in total. The molecule has 2 aromatic rings. The summed E-state index contributed by atoms with van der Waals surface area (Å²) in [6, 6.07) is 8.62. The van der Waals surface area contributed by atoms with Crippen molar-refractivity contribution in [2.24, 2.45) is 0 Å². The topological polar surface area (TPSA) is 91.3 Å². The van der Waals surface area contributed by atoms with Crippen molar-refractivity contribution in [2.45, 2.75) is 30.9 Å². The number of benzene rings is 2. The highest BCUT2D eigenvalue weighted by atomic mass is 16.6. The van der Waals surface area contributed by atoms with E-state index in [1.165, 1.54) is 18.2 Å². The highest BCUT2D eigenvalue weighted by molar-refractivity contribution is 5.83. The predicted molar refractivity (Wildman–Crippen MR) is 111 cm³/mol. The number of fused-ring (bicyclic) bond motifs is 1. The number of amides is 1. The lowest BCUT2D eigenvalue weighted by Crippen LogP contribution is -2.50. The van der Waals surface area contributed by atoms with Gasteiger partial charge in [-0.1, -0.05) is 36.4 Å². The molecule has 0 spiro atoms. The van der Waals surface area contributed by atoms with Gasteiger partial charge in [-0.25, -0.2) is 0 Å². The van der Waals surface area contributed by atoms with E-state index < -0.39 is 56.4 Å². The zero-order valence-corrected chi connectivity index (χ0v) is 16.0. The summed E-state index contributed by atoms with van der Waals surface area (Å²) in [5, 5.41) is 24.2. The number of carbonyl (C=O) groups is 1. The summed E-state index contributed by atoms with van der Waals surface area (Å²) in [6.07, 6.45) is -10.0. The fourth-order valence-corrected chi connectivity index (χ4v) is 3.21. The van der Waals surface area contributed by atoms with E-state index in [-0.39, 0.29) is 29.4 Å². The van der Waals surface area contributed by atoms with Crippen molar-refractivity contribution in [3.8, 4) is 11.5 Å². The summed E-state index contributed by atoms with van der Waals surface area (Å²) in [6.45, 7) is -7.31. The lowest BCUT2D eigenvalue weighted by atomic mass is 9.98. The molecule has 0 saturated carbocycles. The molecule has 0 bridgehead atoms. The molecule has 3 N–H and O–H groups in total. The molecule has 0 radical (unpaired) electrons. The SMILES string of the molecule is [2H]C1([2H])N(C(=O)[C@@H](NC(CO)c2ccccc2)[C@]([2H])(O)c2ccc3c(c2)OCCO3)C([2H])([2H])C([2H])([2H])C1([2H])[2H]. The number of nitrogens with one attached hydrogen (secondary N) is 1. The molecule has 2 aliphatic heterocycles. The van der Waals surface area contributed by atoms with Gasteiger partial charge in [0.2, 0.25) is 5.91 Å². The Balaban J connectivity index is 1.84. The Morgan fingerprint density at radius 1 is 1.10 bits per heavy atom. The van der Waals surface area contributed by atoms with Gasteiger partial charge in [-0.15, -0.1) is 0 Å². The smallest absolute Gasteiger partial charge is 0.242 e. The molecule has 1 amide bonds. The standard InChI is InChI=1S/C23H28N2O5/c26-15-18(16-6-2-1-3-7-16)24-21(23(28)25-10-4-5-11-25)22(27)17-8-9-19-20(14-17)30-13-12-29-19/h1-3,6-9,14,18,21-22,24,26-27H,4-5,10-13,15H2/t18?,21-,22+/m0/s1/i4D2,5D2,10D2,11D2,22D. The van der Waals surface area contributed by atoms with Crippen LogP contribution < -0.4 is 14.8 Å². The van der Waals surface area contributed by atoms with Crippen molar-refractivity contribution in [3.05, 3.63) is 59.7 Å². The zero-order chi connectivity index (χ0) is 29.0.